The summed E-state index contributed by atoms with van der Waals surface area (Å²) in [5, 5.41) is 12.3. The summed E-state index contributed by atoms with van der Waals surface area (Å²) in [6.45, 7) is 4.96. The maximum absolute atomic E-state index is 13.9. The van der Waals surface area contributed by atoms with Gasteiger partial charge in [-0.3, -0.25) is 0 Å². The molecule has 2 atom stereocenters. The summed E-state index contributed by atoms with van der Waals surface area (Å²) in [4.78, 5) is 23.4. The van der Waals surface area contributed by atoms with Crippen LogP contribution in [0.5, 0.6) is 0 Å². The van der Waals surface area contributed by atoms with Crippen LogP contribution in [0.3, 0.4) is 0 Å². The molecule has 122 valence electrons. The van der Waals surface area contributed by atoms with Gasteiger partial charge in [0.15, 0.2) is 6.10 Å². The van der Waals surface area contributed by atoms with Gasteiger partial charge in [-0.2, -0.15) is 0 Å². The quantitative estimate of drug-likeness (QED) is 0.830. The topological polar surface area (TPSA) is 84.9 Å². The Balaban J connectivity index is 3.05. The molecule has 0 aliphatic rings. The second-order valence-electron chi connectivity index (χ2n) is 5.61. The molecule has 0 fully saturated rings. The minimum atomic E-state index is -1.77. The molecule has 0 aromatic heterocycles. The van der Waals surface area contributed by atoms with Gasteiger partial charge in [0, 0.05) is 5.56 Å². The molecule has 22 heavy (non-hydrogen) atoms. The van der Waals surface area contributed by atoms with E-state index < -0.39 is 35.6 Å². The molecule has 0 aliphatic heterocycles. The van der Waals surface area contributed by atoms with Crippen molar-refractivity contribution in [1.29, 1.82) is 0 Å². The average Bonchev–Trinajstić information content (AvgIpc) is 2.42. The summed E-state index contributed by atoms with van der Waals surface area (Å²) in [5.41, 5.74) is -0.827. The van der Waals surface area contributed by atoms with Crippen LogP contribution in [0.2, 0.25) is 0 Å². The molecular weight excluding hydrogens is 293 g/mol. The van der Waals surface area contributed by atoms with Gasteiger partial charge in [0.2, 0.25) is 0 Å². The number of carbonyl (C=O) groups is 2. The van der Waals surface area contributed by atoms with Gasteiger partial charge in [0.1, 0.15) is 11.4 Å². The zero-order valence-corrected chi connectivity index (χ0v) is 12.9. The first kappa shape index (κ1) is 17.9. The van der Waals surface area contributed by atoms with Crippen LogP contribution < -0.4 is 5.32 Å². The minimum Gasteiger partial charge on any atom is -0.467 e. The Morgan fingerprint density at radius 3 is 2.36 bits per heavy atom. The first-order chi connectivity index (χ1) is 10.2. The van der Waals surface area contributed by atoms with Crippen LogP contribution in [-0.2, 0) is 14.3 Å². The van der Waals surface area contributed by atoms with Crippen molar-refractivity contribution >= 4 is 12.1 Å². The molecule has 7 heteroatoms. The van der Waals surface area contributed by atoms with Gasteiger partial charge in [-0.1, -0.05) is 18.2 Å². The lowest BCUT2D eigenvalue weighted by molar-refractivity contribution is -0.152. The number of esters is 1. The number of carbonyl (C=O) groups excluding carboxylic acids is 2. The Bertz CT molecular complexity index is 541. The molecule has 0 radical (unpaired) electrons. The van der Waals surface area contributed by atoms with E-state index in [1.165, 1.54) is 18.2 Å². The van der Waals surface area contributed by atoms with Crippen LogP contribution in [0.1, 0.15) is 32.4 Å². The molecule has 1 aromatic rings. The number of amides is 1. The lowest BCUT2D eigenvalue weighted by Crippen LogP contribution is -2.43. The van der Waals surface area contributed by atoms with Gasteiger partial charge in [0.05, 0.1) is 13.2 Å². The zero-order valence-electron chi connectivity index (χ0n) is 12.9. The molecule has 0 spiro atoms. The summed E-state index contributed by atoms with van der Waals surface area (Å²) in [5.74, 6) is -1.67. The Labute approximate surface area is 128 Å². The van der Waals surface area contributed by atoms with Gasteiger partial charge in [-0.25, -0.2) is 14.0 Å². The van der Waals surface area contributed by atoms with Crippen molar-refractivity contribution in [2.75, 3.05) is 7.11 Å². The van der Waals surface area contributed by atoms with Gasteiger partial charge in [0.25, 0.3) is 0 Å². The van der Waals surface area contributed by atoms with Crippen molar-refractivity contribution in [3.05, 3.63) is 35.6 Å². The maximum Gasteiger partial charge on any atom is 0.408 e. The van der Waals surface area contributed by atoms with Gasteiger partial charge >= 0.3 is 12.1 Å². The molecule has 1 aromatic carbocycles. The van der Waals surface area contributed by atoms with Crippen LogP contribution in [0.25, 0.3) is 0 Å². The lowest BCUT2D eigenvalue weighted by Gasteiger charge is -2.26. The fourth-order valence-electron chi connectivity index (χ4n) is 1.75. The smallest absolute Gasteiger partial charge is 0.408 e. The van der Waals surface area contributed by atoms with Crippen molar-refractivity contribution < 1.29 is 28.6 Å². The van der Waals surface area contributed by atoms with Crippen LogP contribution in [0, 0.1) is 5.82 Å². The molecule has 0 unspecified atom stereocenters. The van der Waals surface area contributed by atoms with E-state index in [-0.39, 0.29) is 5.56 Å². The van der Waals surface area contributed by atoms with Crippen LogP contribution >= 0.6 is 0 Å². The van der Waals surface area contributed by atoms with Gasteiger partial charge in [-0.15, -0.1) is 0 Å². The second-order valence-corrected chi connectivity index (χ2v) is 5.61. The van der Waals surface area contributed by atoms with Crippen molar-refractivity contribution in [3.8, 4) is 0 Å². The molecule has 0 saturated heterocycles. The van der Waals surface area contributed by atoms with E-state index in [4.69, 9.17) is 4.74 Å². The molecule has 1 amide bonds. The highest BCUT2D eigenvalue weighted by atomic mass is 19.1. The van der Waals surface area contributed by atoms with E-state index in [1.54, 1.807) is 20.8 Å². The Hall–Kier alpha value is -2.15. The maximum atomic E-state index is 13.9. The molecule has 0 aliphatic carbocycles. The number of hydrogen-bond donors (Lipinski definition) is 2. The number of ether oxygens (including phenoxy) is 2. The fraction of sp³-hybridized carbons (Fsp3) is 0.467. The first-order valence-electron chi connectivity index (χ1n) is 6.65. The summed E-state index contributed by atoms with van der Waals surface area (Å²) in [6.07, 6.45) is -2.65. The largest absolute Gasteiger partial charge is 0.467 e. The van der Waals surface area contributed by atoms with Crippen molar-refractivity contribution in [2.45, 2.75) is 38.5 Å². The Kier molecular flexibility index (Phi) is 5.87. The van der Waals surface area contributed by atoms with Crippen LogP contribution in [-0.4, -0.2) is 36.0 Å². The van der Waals surface area contributed by atoms with E-state index in [9.17, 15) is 19.1 Å². The second kappa shape index (κ2) is 7.22. The molecule has 0 bridgehead atoms. The number of methoxy groups -OCH3 is 1. The third kappa shape index (κ3) is 5.00. The number of halogens is 1. The van der Waals surface area contributed by atoms with Gasteiger partial charge in [-0.05, 0) is 26.8 Å². The van der Waals surface area contributed by atoms with Crippen LogP contribution in [0.15, 0.2) is 24.3 Å². The summed E-state index contributed by atoms with van der Waals surface area (Å²) < 4.78 is 23.4. The lowest BCUT2D eigenvalue weighted by atomic mass is 10.0. The highest BCUT2D eigenvalue weighted by Gasteiger charge is 2.33. The fourth-order valence-corrected chi connectivity index (χ4v) is 1.75. The number of rotatable bonds is 4. The monoisotopic (exact) mass is 313 g/mol. The third-order valence-corrected chi connectivity index (χ3v) is 2.67. The molecule has 0 saturated carbocycles. The standard InChI is InChI=1S/C15H20FNO5/c1-15(2,3)22-14(20)17-11(12(18)13(19)21-4)9-7-5-6-8-10(9)16/h5-8,11-12,18H,1-4H3,(H,17,20)/t11-,12+/m0/s1. The Morgan fingerprint density at radius 2 is 1.86 bits per heavy atom. The number of alkyl carbamates (subject to hydrolysis) is 1. The zero-order chi connectivity index (χ0) is 16.9. The van der Waals surface area contributed by atoms with Crippen molar-refractivity contribution in [3.63, 3.8) is 0 Å². The number of benzene rings is 1. The Morgan fingerprint density at radius 1 is 1.27 bits per heavy atom. The van der Waals surface area contributed by atoms with E-state index >= 15 is 0 Å². The van der Waals surface area contributed by atoms with E-state index in [0.29, 0.717) is 0 Å². The summed E-state index contributed by atoms with van der Waals surface area (Å²) in [7, 11) is 1.08. The number of aliphatic hydroxyl groups is 1. The molecular formula is C15H20FNO5. The van der Waals surface area contributed by atoms with E-state index in [0.717, 1.165) is 13.2 Å². The third-order valence-electron chi connectivity index (χ3n) is 2.67. The normalized spacial score (nSPS) is 13.9. The molecule has 0 heterocycles. The molecule has 2 N–H and O–H groups in total. The summed E-state index contributed by atoms with van der Waals surface area (Å²) in [6, 6.07) is 4.15. The van der Waals surface area contributed by atoms with E-state index in [2.05, 4.69) is 10.1 Å². The van der Waals surface area contributed by atoms with Gasteiger partial charge < -0.3 is 19.9 Å². The molecule has 6 nitrogen and oxygen atoms in total. The van der Waals surface area contributed by atoms with E-state index in [1.807, 2.05) is 0 Å². The predicted octanol–water partition coefficient (Wildman–Crippen LogP) is 1.93. The number of nitrogens with one attached hydrogen (secondary N) is 1. The SMILES string of the molecule is COC(=O)[C@H](O)[C@@H](NC(=O)OC(C)(C)C)c1ccccc1F. The summed E-state index contributed by atoms with van der Waals surface area (Å²) >= 11 is 0. The first-order valence-corrected chi connectivity index (χ1v) is 6.65. The highest BCUT2D eigenvalue weighted by Crippen LogP contribution is 2.22. The van der Waals surface area contributed by atoms with Crippen molar-refractivity contribution in [1.82, 2.24) is 5.32 Å². The van der Waals surface area contributed by atoms with Crippen LogP contribution in [0.4, 0.5) is 9.18 Å². The van der Waals surface area contributed by atoms with Crippen molar-refractivity contribution in [2.24, 2.45) is 0 Å². The number of aliphatic hydroxyl groups excluding tert-OH is 1. The number of hydrogen-bond acceptors (Lipinski definition) is 5. The predicted molar refractivity (Wildman–Crippen MR) is 76.5 cm³/mol. The minimum absolute atomic E-state index is 0.0498. The highest BCUT2D eigenvalue weighted by molar-refractivity contribution is 5.77. The average molecular weight is 313 g/mol. The molecule has 1 rings (SSSR count).